The number of halogens is 8. The Bertz CT molecular complexity index is 429. The van der Waals surface area contributed by atoms with Gasteiger partial charge in [0, 0.05) is 17.8 Å². The fourth-order valence-electron chi connectivity index (χ4n) is 1.13. The smallest absolute Gasteiger partial charge is 0.434 e. The molecule has 10 heteroatoms. The van der Waals surface area contributed by atoms with Crippen LogP contribution in [0.25, 0.3) is 0 Å². The van der Waals surface area contributed by atoms with Gasteiger partial charge >= 0.3 is 12.4 Å². The van der Waals surface area contributed by atoms with E-state index in [2.05, 4.69) is 4.74 Å². The molecule has 0 radical (unpaired) electrons. The zero-order valence-corrected chi connectivity index (χ0v) is 8.74. The van der Waals surface area contributed by atoms with Crippen molar-refractivity contribution in [3.8, 4) is 5.75 Å². The molecule has 0 atom stereocenters. The van der Waals surface area contributed by atoms with Gasteiger partial charge in [-0.05, 0) is 0 Å². The van der Waals surface area contributed by atoms with Crippen LogP contribution in [-0.4, -0.2) is 18.5 Å². The lowest BCUT2D eigenvalue weighted by molar-refractivity contribution is -0.300. The largest absolute Gasteiger partial charge is 0.465 e. The molecule has 1 aromatic rings. The van der Waals surface area contributed by atoms with Crippen molar-refractivity contribution in [3.63, 3.8) is 0 Å². The molecular weight excluding hydrogens is 290 g/mol. The first-order chi connectivity index (χ1) is 8.43. The van der Waals surface area contributed by atoms with Gasteiger partial charge in [0.2, 0.25) is 0 Å². The van der Waals surface area contributed by atoms with Crippen molar-refractivity contribution in [1.29, 1.82) is 0 Å². The molecule has 0 amide bonds. The molecule has 0 aliphatic heterocycles. The Morgan fingerprint density at radius 3 is 1.58 bits per heavy atom. The van der Waals surface area contributed by atoms with Crippen LogP contribution >= 0.6 is 0 Å². The Kier molecular flexibility index (Phi) is 3.82. The quantitative estimate of drug-likeness (QED) is 0.670. The van der Waals surface area contributed by atoms with Gasteiger partial charge in [-0.15, -0.1) is 0 Å². The molecular formula is C9H5F8NO. The number of rotatable bonds is 2. The van der Waals surface area contributed by atoms with E-state index in [0.29, 0.717) is 12.1 Å². The van der Waals surface area contributed by atoms with Crippen LogP contribution < -0.4 is 10.5 Å². The van der Waals surface area contributed by atoms with Crippen LogP contribution in [0.15, 0.2) is 12.1 Å². The van der Waals surface area contributed by atoms with E-state index >= 15 is 0 Å². The lowest BCUT2D eigenvalue weighted by atomic mass is 10.2. The van der Waals surface area contributed by atoms with Crippen molar-refractivity contribution in [2.45, 2.75) is 18.5 Å². The third-order valence-corrected chi connectivity index (χ3v) is 1.85. The Hall–Kier alpha value is -1.74. The second kappa shape index (κ2) is 4.74. The van der Waals surface area contributed by atoms with Gasteiger partial charge in [0.1, 0.15) is 0 Å². The monoisotopic (exact) mass is 295 g/mol. The third-order valence-electron chi connectivity index (χ3n) is 1.85. The highest BCUT2D eigenvalue weighted by molar-refractivity contribution is 5.44. The lowest BCUT2D eigenvalue weighted by Crippen LogP contribution is -2.46. The van der Waals surface area contributed by atoms with E-state index in [1.54, 1.807) is 0 Å². The standard InChI is InChI=1S/C9H5F8NO/c10-4-1-3(18)2-5(11)6(4)19-7(8(12,13)14)9(15,16)17/h1-2,7H,18H2. The maximum Gasteiger partial charge on any atom is 0.434 e. The molecule has 2 nitrogen and oxygen atoms in total. The van der Waals surface area contributed by atoms with Crippen LogP contribution in [-0.2, 0) is 0 Å². The van der Waals surface area contributed by atoms with E-state index in [1.165, 1.54) is 0 Å². The molecule has 0 unspecified atom stereocenters. The van der Waals surface area contributed by atoms with Crippen molar-refractivity contribution in [1.82, 2.24) is 0 Å². The summed E-state index contributed by atoms with van der Waals surface area (Å²) < 4.78 is 102. The number of alkyl halides is 6. The number of hydrogen-bond donors (Lipinski definition) is 1. The number of nitrogen functional groups attached to an aromatic ring is 1. The van der Waals surface area contributed by atoms with Crippen LogP contribution in [0.2, 0.25) is 0 Å². The normalized spacial score (nSPS) is 12.9. The first-order valence-corrected chi connectivity index (χ1v) is 4.47. The molecule has 0 saturated heterocycles. The van der Waals surface area contributed by atoms with Crippen LogP contribution in [0.5, 0.6) is 5.75 Å². The van der Waals surface area contributed by atoms with Gasteiger partial charge in [0.05, 0.1) is 0 Å². The molecule has 0 aromatic heterocycles. The molecule has 0 aliphatic rings. The van der Waals surface area contributed by atoms with Crippen molar-refractivity contribution in [2.75, 3.05) is 5.73 Å². The van der Waals surface area contributed by atoms with Crippen molar-refractivity contribution in [2.24, 2.45) is 0 Å². The van der Waals surface area contributed by atoms with Gasteiger partial charge in [0.15, 0.2) is 17.4 Å². The van der Waals surface area contributed by atoms with Crippen LogP contribution in [0.3, 0.4) is 0 Å². The molecule has 0 aliphatic carbocycles. The molecule has 0 fully saturated rings. The highest BCUT2D eigenvalue weighted by Gasteiger charge is 2.59. The van der Waals surface area contributed by atoms with E-state index in [0.717, 1.165) is 0 Å². The first-order valence-electron chi connectivity index (χ1n) is 4.47. The summed E-state index contributed by atoms with van der Waals surface area (Å²) in [6, 6.07) is 0.671. The van der Waals surface area contributed by atoms with Crippen LogP contribution in [0, 0.1) is 11.6 Å². The maximum atomic E-state index is 13.1. The summed E-state index contributed by atoms with van der Waals surface area (Å²) in [4.78, 5) is 0. The van der Waals surface area contributed by atoms with E-state index in [9.17, 15) is 35.1 Å². The Balaban J connectivity index is 3.19. The first kappa shape index (κ1) is 15.3. The predicted octanol–water partition coefficient (Wildman–Crippen LogP) is 3.42. The minimum Gasteiger partial charge on any atom is -0.465 e. The van der Waals surface area contributed by atoms with Crippen molar-refractivity contribution < 1.29 is 39.9 Å². The summed E-state index contributed by atoms with van der Waals surface area (Å²) in [5.41, 5.74) is 4.43. The molecule has 1 aromatic carbocycles. The van der Waals surface area contributed by atoms with E-state index in [-0.39, 0.29) is 0 Å². The second-order valence-electron chi connectivity index (χ2n) is 3.39. The molecule has 2 N–H and O–H groups in total. The number of ether oxygens (including phenoxy) is 1. The molecule has 19 heavy (non-hydrogen) atoms. The van der Waals surface area contributed by atoms with Crippen LogP contribution in [0.1, 0.15) is 0 Å². The summed E-state index contributed by atoms with van der Waals surface area (Å²) in [6.45, 7) is 0. The fourth-order valence-corrected chi connectivity index (χ4v) is 1.13. The topological polar surface area (TPSA) is 35.2 Å². The molecule has 0 spiro atoms. The van der Waals surface area contributed by atoms with Gasteiger partial charge in [-0.1, -0.05) is 0 Å². The lowest BCUT2D eigenvalue weighted by Gasteiger charge is -2.24. The molecule has 0 saturated carbocycles. The van der Waals surface area contributed by atoms with E-state index < -0.39 is 41.5 Å². The van der Waals surface area contributed by atoms with Gasteiger partial charge in [-0.2, -0.15) is 26.3 Å². The SMILES string of the molecule is Nc1cc(F)c(OC(C(F)(F)F)C(F)(F)F)c(F)c1. The number of benzene rings is 1. The van der Waals surface area contributed by atoms with Crippen molar-refractivity contribution >= 4 is 5.69 Å². The Morgan fingerprint density at radius 2 is 1.26 bits per heavy atom. The van der Waals surface area contributed by atoms with Gasteiger partial charge in [0.25, 0.3) is 6.10 Å². The zero-order chi connectivity index (χ0) is 15.0. The van der Waals surface area contributed by atoms with Crippen LogP contribution in [0.4, 0.5) is 40.8 Å². The number of anilines is 1. The Labute approximate surface area is 100 Å². The average molecular weight is 295 g/mol. The molecule has 108 valence electrons. The fraction of sp³-hybridized carbons (Fsp3) is 0.333. The summed E-state index contributed by atoms with van der Waals surface area (Å²) in [5, 5.41) is 0. The highest BCUT2D eigenvalue weighted by atomic mass is 19.4. The highest BCUT2D eigenvalue weighted by Crippen LogP contribution is 2.38. The molecule has 1 rings (SSSR count). The zero-order valence-electron chi connectivity index (χ0n) is 8.74. The van der Waals surface area contributed by atoms with Crippen molar-refractivity contribution in [3.05, 3.63) is 23.8 Å². The number of nitrogens with two attached hydrogens (primary N) is 1. The van der Waals surface area contributed by atoms with E-state index in [1.807, 2.05) is 0 Å². The summed E-state index contributed by atoms with van der Waals surface area (Å²) in [7, 11) is 0. The van der Waals surface area contributed by atoms with Gasteiger partial charge < -0.3 is 10.5 Å². The van der Waals surface area contributed by atoms with Gasteiger partial charge in [-0.3, -0.25) is 0 Å². The average Bonchev–Trinajstić information content (AvgIpc) is 2.11. The van der Waals surface area contributed by atoms with E-state index in [4.69, 9.17) is 5.73 Å². The predicted molar refractivity (Wildman–Crippen MR) is 47.3 cm³/mol. The Morgan fingerprint density at radius 1 is 0.895 bits per heavy atom. The summed E-state index contributed by atoms with van der Waals surface area (Å²) in [5.74, 6) is -5.33. The second-order valence-corrected chi connectivity index (χ2v) is 3.39. The minimum absolute atomic E-state index is 0.336. The van der Waals surface area contributed by atoms with Gasteiger partial charge in [-0.25, -0.2) is 8.78 Å². The third kappa shape index (κ3) is 3.61. The molecule has 0 bridgehead atoms. The number of hydrogen-bond acceptors (Lipinski definition) is 2. The summed E-state index contributed by atoms with van der Waals surface area (Å²) in [6.07, 6.45) is -16.1. The summed E-state index contributed by atoms with van der Waals surface area (Å²) >= 11 is 0. The minimum atomic E-state index is -5.88. The maximum absolute atomic E-state index is 13.1. The molecule has 0 heterocycles.